The summed E-state index contributed by atoms with van der Waals surface area (Å²) in [6.07, 6.45) is 0. The Labute approximate surface area is 113 Å². The molecule has 3 N–H and O–H groups in total. The van der Waals surface area contributed by atoms with E-state index in [9.17, 15) is 0 Å². The second-order valence-corrected chi connectivity index (χ2v) is 5.24. The van der Waals surface area contributed by atoms with E-state index in [-0.39, 0.29) is 6.04 Å². The fourth-order valence-electron chi connectivity index (χ4n) is 2.12. The zero-order valence-corrected chi connectivity index (χ0v) is 12.2. The summed E-state index contributed by atoms with van der Waals surface area (Å²) in [6, 6.07) is 3.98. The van der Waals surface area contributed by atoms with Crippen LogP contribution in [0.3, 0.4) is 0 Å². The van der Waals surface area contributed by atoms with E-state index < -0.39 is 0 Å². The maximum atomic E-state index is 6.16. The third kappa shape index (κ3) is 2.59. The molecule has 5 heteroatoms. The highest BCUT2D eigenvalue weighted by Crippen LogP contribution is 2.30. The molecule has 1 atom stereocenters. The summed E-state index contributed by atoms with van der Waals surface area (Å²) >= 11 is 0. The number of nitrogens with one attached hydrogen (secondary N) is 1. The van der Waals surface area contributed by atoms with Gasteiger partial charge in [0.05, 0.1) is 17.4 Å². The van der Waals surface area contributed by atoms with E-state index in [1.165, 1.54) is 0 Å². The zero-order valence-electron chi connectivity index (χ0n) is 12.2. The van der Waals surface area contributed by atoms with Crippen LogP contribution in [-0.2, 0) is 7.05 Å². The van der Waals surface area contributed by atoms with Crippen LogP contribution < -0.4 is 11.1 Å². The lowest BCUT2D eigenvalue weighted by Crippen LogP contribution is -2.10. The number of hydrogen-bond donors (Lipinski definition) is 2. The molecule has 0 aliphatic rings. The van der Waals surface area contributed by atoms with Crippen LogP contribution in [0.1, 0.15) is 49.9 Å². The smallest absolute Gasteiger partial charge is 0.148 e. The minimum Gasteiger partial charge on any atom is -0.464 e. The molecule has 0 saturated carbocycles. The van der Waals surface area contributed by atoms with Crippen molar-refractivity contribution in [3.63, 3.8) is 0 Å². The summed E-state index contributed by atoms with van der Waals surface area (Å²) in [5.74, 6) is 2.95. The molecule has 1 unspecified atom stereocenters. The van der Waals surface area contributed by atoms with Gasteiger partial charge in [0.15, 0.2) is 0 Å². The van der Waals surface area contributed by atoms with E-state index in [4.69, 9.17) is 10.2 Å². The van der Waals surface area contributed by atoms with Gasteiger partial charge < -0.3 is 15.5 Å². The highest BCUT2D eigenvalue weighted by Gasteiger charge is 2.18. The Morgan fingerprint density at radius 3 is 2.47 bits per heavy atom. The van der Waals surface area contributed by atoms with Crippen LogP contribution in [0.4, 0.5) is 11.5 Å². The Kier molecular flexibility index (Phi) is 3.55. The number of nitrogens with two attached hydrogens (primary N) is 1. The Balaban J connectivity index is 2.24. The normalized spacial score (nSPS) is 12.9. The van der Waals surface area contributed by atoms with Crippen LogP contribution in [0.25, 0.3) is 0 Å². The molecule has 0 bridgehead atoms. The molecular weight excluding hydrogens is 240 g/mol. The van der Waals surface area contributed by atoms with Gasteiger partial charge in [-0.1, -0.05) is 13.8 Å². The first kappa shape index (κ1) is 13.5. The number of furan rings is 1. The van der Waals surface area contributed by atoms with Gasteiger partial charge >= 0.3 is 0 Å². The van der Waals surface area contributed by atoms with Crippen LogP contribution in [0.2, 0.25) is 0 Å². The highest BCUT2D eigenvalue weighted by molar-refractivity contribution is 5.66. The van der Waals surface area contributed by atoms with Gasteiger partial charge in [-0.15, -0.1) is 0 Å². The first-order chi connectivity index (χ1) is 8.90. The van der Waals surface area contributed by atoms with Gasteiger partial charge in [0.2, 0.25) is 0 Å². The number of nitrogens with zero attached hydrogens (tertiary/aromatic N) is 2. The van der Waals surface area contributed by atoms with Gasteiger partial charge in [-0.05, 0) is 31.9 Å². The topological polar surface area (TPSA) is 69.0 Å². The van der Waals surface area contributed by atoms with Crippen LogP contribution >= 0.6 is 0 Å². The number of anilines is 2. The van der Waals surface area contributed by atoms with Crippen LogP contribution in [0.15, 0.2) is 16.5 Å². The SMILES string of the molecule is Cc1ccc(C(C)Nc2c(N)c(C(C)C)nn2C)o1. The van der Waals surface area contributed by atoms with E-state index >= 15 is 0 Å². The van der Waals surface area contributed by atoms with Gasteiger partial charge in [-0.2, -0.15) is 5.10 Å². The van der Waals surface area contributed by atoms with Crippen molar-refractivity contribution in [2.45, 2.75) is 39.7 Å². The average Bonchev–Trinajstić information content (AvgIpc) is 2.87. The largest absolute Gasteiger partial charge is 0.464 e. The third-order valence-electron chi connectivity index (χ3n) is 3.20. The lowest BCUT2D eigenvalue weighted by Gasteiger charge is -2.13. The molecule has 19 heavy (non-hydrogen) atoms. The number of aryl methyl sites for hydroxylation is 2. The zero-order chi connectivity index (χ0) is 14.2. The van der Waals surface area contributed by atoms with Crippen molar-refractivity contribution in [3.05, 3.63) is 29.3 Å². The fraction of sp³-hybridized carbons (Fsp3) is 0.500. The Hall–Kier alpha value is -1.91. The lowest BCUT2D eigenvalue weighted by atomic mass is 10.1. The van der Waals surface area contributed by atoms with Gasteiger partial charge in [-0.25, -0.2) is 0 Å². The molecule has 0 aliphatic heterocycles. The maximum absolute atomic E-state index is 6.16. The molecule has 104 valence electrons. The van der Waals surface area contributed by atoms with E-state index in [0.717, 1.165) is 23.0 Å². The average molecular weight is 262 g/mol. The number of aromatic nitrogens is 2. The molecule has 5 nitrogen and oxygen atoms in total. The maximum Gasteiger partial charge on any atom is 0.148 e. The van der Waals surface area contributed by atoms with Gasteiger partial charge in [0.25, 0.3) is 0 Å². The molecule has 0 saturated heterocycles. The minimum absolute atomic E-state index is 0.0476. The van der Waals surface area contributed by atoms with Gasteiger partial charge in [0, 0.05) is 7.05 Å². The fourth-order valence-corrected chi connectivity index (χ4v) is 2.12. The molecule has 2 aromatic rings. The van der Waals surface area contributed by atoms with Crippen molar-refractivity contribution in [2.75, 3.05) is 11.1 Å². The van der Waals surface area contributed by atoms with Gasteiger partial charge in [-0.3, -0.25) is 4.68 Å². The van der Waals surface area contributed by atoms with Crippen molar-refractivity contribution >= 4 is 11.5 Å². The molecule has 0 fully saturated rings. The molecule has 0 aromatic carbocycles. The quantitative estimate of drug-likeness (QED) is 0.887. The van der Waals surface area contributed by atoms with Crippen LogP contribution in [0.5, 0.6) is 0 Å². The standard InChI is InChI=1S/C14H22N4O/c1-8(2)13-12(15)14(18(5)17-13)16-10(4)11-7-6-9(3)19-11/h6-8,10,16H,15H2,1-5H3. The van der Waals surface area contributed by atoms with Crippen molar-refractivity contribution in [2.24, 2.45) is 7.05 Å². The Bertz CT molecular complexity index is 568. The third-order valence-corrected chi connectivity index (χ3v) is 3.20. The van der Waals surface area contributed by atoms with E-state index in [2.05, 4.69) is 24.3 Å². The van der Waals surface area contributed by atoms with Crippen molar-refractivity contribution < 1.29 is 4.42 Å². The molecule has 2 rings (SSSR count). The molecular formula is C14H22N4O. The van der Waals surface area contributed by atoms with E-state index in [1.807, 2.05) is 33.0 Å². The summed E-state index contributed by atoms with van der Waals surface area (Å²) in [4.78, 5) is 0. The predicted molar refractivity (Wildman–Crippen MR) is 77.2 cm³/mol. The number of hydrogen-bond acceptors (Lipinski definition) is 4. The molecule has 0 spiro atoms. The second kappa shape index (κ2) is 4.99. The highest BCUT2D eigenvalue weighted by atomic mass is 16.3. The minimum atomic E-state index is 0.0476. The predicted octanol–water partition coefficient (Wildman–Crippen LogP) is 3.20. The molecule has 0 aliphatic carbocycles. The first-order valence-corrected chi connectivity index (χ1v) is 6.55. The molecule has 0 radical (unpaired) electrons. The summed E-state index contributed by atoms with van der Waals surface area (Å²) in [5, 5.41) is 7.83. The first-order valence-electron chi connectivity index (χ1n) is 6.55. The second-order valence-electron chi connectivity index (χ2n) is 5.24. The summed E-state index contributed by atoms with van der Waals surface area (Å²) in [6.45, 7) is 8.15. The Morgan fingerprint density at radius 1 is 1.32 bits per heavy atom. The molecule has 0 amide bonds. The monoisotopic (exact) mass is 262 g/mol. The van der Waals surface area contributed by atoms with Crippen molar-refractivity contribution in [3.8, 4) is 0 Å². The lowest BCUT2D eigenvalue weighted by molar-refractivity contribution is 0.466. The van der Waals surface area contributed by atoms with E-state index in [1.54, 1.807) is 4.68 Å². The molecule has 2 aromatic heterocycles. The van der Waals surface area contributed by atoms with Crippen molar-refractivity contribution in [1.82, 2.24) is 9.78 Å². The molecule has 2 heterocycles. The Morgan fingerprint density at radius 2 is 2.00 bits per heavy atom. The van der Waals surface area contributed by atoms with E-state index in [0.29, 0.717) is 11.6 Å². The number of nitrogen functional groups attached to an aromatic ring is 1. The van der Waals surface area contributed by atoms with Crippen LogP contribution in [0, 0.1) is 6.92 Å². The number of rotatable bonds is 4. The summed E-state index contributed by atoms with van der Waals surface area (Å²) < 4.78 is 7.41. The summed E-state index contributed by atoms with van der Waals surface area (Å²) in [7, 11) is 1.89. The van der Waals surface area contributed by atoms with Crippen molar-refractivity contribution in [1.29, 1.82) is 0 Å². The van der Waals surface area contributed by atoms with Crippen LogP contribution in [-0.4, -0.2) is 9.78 Å². The summed E-state index contributed by atoms with van der Waals surface area (Å²) in [5.41, 5.74) is 7.80. The van der Waals surface area contributed by atoms with Gasteiger partial charge in [0.1, 0.15) is 17.3 Å².